The third kappa shape index (κ3) is 3.94. The summed E-state index contributed by atoms with van der Waals surface area (Å²) in [4.78, 5) is 5.03. The van der Waals surface area contributed by atoms with Gasteiger partial charge in [0.15, 0.2) is 0 Å². The Morgan fingerprint density at radius 3 is 2.65 bits per heavy atom. The van der Waals surface area contributed by atoms with Crippen molar-refractivity contribution in [3.63, 3.8) is 0 Å². The number of nitrogens with one attached hydrogen (secondary N) is 1. The van der Waals surface area contributed by atoms with Gasteiger partial charge in [-0.25, -0.2) is 0 Å². The number of nitrogens with zero attached hydrogens (tertiary/aromatic N) is 2. The second-order valence-corrected chi connectivity index (χ2v) is 6.00. The molecule has 100 valence electrons. The molecule has 0 aromatic heterocycles. The molecule has 0 spiro atoms. The Morgan fingerprint density at radius 2 is 2.00 bits per heavy atom. The second kappa shape index (κ2) is 6.17. The normalized spacial score (nSPS) is 29.5. The summed E-state index contributed by atoms with van der Waals surface area (Å²) in [5.74, 6) is 1.06. The van der Waals surface area contributed by atoms with Gasteiger partial charge in [0.2, 0.25) is 0 Å². The van der Waals surface area contributed by atoms with E-state index in [1.165, 1.54) is 45.3 Å². The Morgan fingerprint density at radius 1 is 1.24 bits per heavy atom. The van der Waals surface area contributed by atoms with Crippen LogP contribution in [-0.2, 0) is 0 Å². The maximum atomic E-state index is 3.72. The summed E-state index contributed by atoms with van der Waals surface area (Å²) in [6.45, 7) is 6.99. The fourth-order valence-electron chi connectivity index (χ4n) is 2.99. The van der Waals surface area contributed by atoms with Gasteiger partial charge in [0, 0.05) is 31.7 Å². The van der Waals surface area contributed by atoms with Crippen LogP contribution in [0.15, 0.2) is 0 Å². The SMILES string of the molecule is CCNC(CCC1CC1)C1CN(C)CCN1C. The Bertz CT molecular complexity index is 228. The lowest BCUT2D eigenvalue weighted by Gasteiger charge is -2.42. The Balaban J connectivity index is 1.86. The number of piperazine rings is 1. The summed E-state index contributed by atoms with van der Waals surface area (Å²) in [5.41, 5.74) is 0. The second-order valence-electron chi connectivity index (χ2n) is 6.00. The molecule has 3 heteroatoms. The summed E-state index contributed by atoms with van der Waals surface area (Å²) in [6, 6.07) is 1.39. The molecule has 0 bridgehead atoms. The van der Waals surface area contributed by atoms with Crippen molar-refractivity contribution in [3.05, 3.63) is 0 Å². The molecule has 3 nitrogen and oxygen atoms in total. The van der Waals surface area contributed by atoms with E-state index in [4.69, 9.17) is 0 Å². The van der Waals surface area contributed by atoms with Crippen molar-refractivity contribution in [2.45, 2.75) is 44.7 Å². The molecular weight excluding hydrogens is 210 g/mol. The van der Waals surface area contributed by atoms with Gasteiger partial charge in [-0.1, -0.05) is 19.8 Å². The van der Waals surface area contributed by atoms with Gasteiger partial charge in [0.25, 0.3) is 0 Å². The molecule has 2 rings (SSSR count). The van der Waals surface area contributed by atoms with Gasteiger partial charge in [-0.15, -0.1) is 0 Å². The monoisotopic (exact) mass is 239 g/mol. The molecule has 1 aliphatic carbocycles. The highest BCUT2D eigenvalue weighted by atomic mass is 15.3. The van der Waals surface area contributed by atoms with Gasteiger partial charge in [-0.3, -0.25) is 4.90 Å². The maximum absolute atomic E-state index is 3.72. The van der Waals surface area contributed by atoms with Gasteiger partial charge >= 0.3 is 0 Å². The smallest absolute Gasteiger partial charge is 0.0373 e. The minimum absolute atomic E-state index is 0.688. The van der Waals surface area contributed by atoms with Gasteiger partial charge in [-0.2, -0.15) is 0 Å². The van der Waals surface area contributed by atoms with Crippen molar-refractivity contribution >= 4 is 0 Å². The summed E-state index contributed by atoms with van der Waals surface area (Å²) in [5, 5.41) is 3.72. The quantitative estimate of drug-likeness (QED) is 0.756. The third-order valence-corrected chi connectivity index (χ3v) is 4.41. The van der Waals surface area contributed by atoms with Crippen LogP contribution in [0.3, 0.4) is 0 Å². The molecule has 17 heavy (non-hydrogen) atoms. The number of hydrogen-bond acceptors (Lipinski definition) is 3. The Labute approximate surface area is 107 Å². The summed E-state index contributed by atoms with van der Waals surface area (Å²) < 4.78 is 0. The van der Waals surface area contributed by atoms with E-state index in [2.05, 4.69) is 36.1 Å². The van der Waals surface area contributed by atoms with Crippen molar-refractivity contribution in [1.29, 1.82) is 0 Å². The van der Waals surface area contributed by atoms with Crippen molar-refractivity contribution < 1.29 is 0 Å². The highest BCUT2D eigenvalue weighted by molar-refractivity contribution is 4.90. The minimum atomic E-state index is 0.688. The maximum Gasteiger partial charge on any atom is 0.0373 e. The van der Waals surface area contributed by atoms with Gasteiger partial charge in [0.1, 0.15) is 0 Å². The fraction of sp³-hybridized carbons (Fsp3) is 1.00. The van der Waals surface area contributed by atoms with Crippen LogP contribution < -0.4 is 5.32 Å². The summed E-state index contributed by atoms with van der Waals surface area (Å²) in [6.07, 6.45) is 5.77. The Hall–Kier alpha value is -0.120. The summed E-state index contributed by atoms with van der Waals surface area (Å²) >= 11 is 0. The van der Waals surface area contributed by atoms with E-state index in [-0.39, 0.29) is 0 Å². The summed E-state index contributed by atoms with van der Waals surface area (Å²) in [7, 11) is 4.54. The average Bonchev–Trinajstić information content (AvgIpc) is 3.12. The number of hydrogen-bond donors (Lipinski definition) is 1. The van der Waals surface area contributed by atoms with E-state index < -0.39 is 0 Å². The van der Waals surface area contributed by atoms with E-state index in [9.17, 15) is 0 Å². The van der Waals surface area contributed by atoms with Crippen LogP contribution in [0.25, 0.3) is 0 Å². The highest BCUT2D eigenvalue weighted by Gasteiger charge is 2.31. The molecule has 1 saturated heterocycles. The Kier molecular flexibility index (Phi) is 4.83. The van der Waals surface area contributed by atoms with Crippen molar-refractivity contribution in [2.24, 2.45) is 5.92 Å². The molecule has 0 amide bonds. The molecule has 2 unspecified atom stereocenters. The predicted molar refractivity (Wildman–Crippen MR) is 73.3 cm³/mol. The number of rotatable bonds is 6. The van der Waals surface area contributed by atoms with Crippen LogP contribution in [0.2, 0.25) is 0 Å². The van der Waals surface area contributed by atoms with Crippen LogP contribution in [0, 0.1) is 5.92 Å². The van der Waals surface area contributed by atoms with Crippen LogP contribution in [-0.4, -0.2) is 62.2 Å². The van der Waals surface area contributed by atoms with Crippen LogP contribution in [0.5, 0.6) is 0 Å². The highest BCUT2D eigenvalue weighted by Crippen LogP contribution is 2.34. The fourth-order valence-corrected chi connectivity index (χ4v) is 2.99. The van der Waals surface area contributed by atoms with Crippen molar-refractivity contribution in [3.8, 4) is 0 Å². The number of likely N-dealkylation sites (N-methyl/N-ethyl adjacent to an activating group) is 3. The molecule has 0 aromatic rings. The predicted octanol–water partition coefficient (Wildman–Crippen LogP) is 1.40. The molecular formula is C14H29N3. The molecule has 1 saturated carbocycles. The lowest BCUT2D eigenvalue weighted by Crippen LogP contribution is -2.58. The zero-order valence-corrected chi connectivity index (χ0v) is 11.8. The minimum Gasteiger partial charge on any atom is -0.313 e. The van der Waals surface area contributed by atoms with E-state index in [1.54, 1.807) is 0 Å². The zero-order chi connectivity index (χ0) is 12.3. The molecule has 1 aliphatic heterocycles. The topological polar surface area (TPSA) is 18.5 Å². The first-order chi connectivity index (χ1) is 8.20. The van der Waals surface area contributed by atoms with Gasteiger partial charge < -0.3 is 10.2 Å². The van der Waals surface area contributed by atoms with Crippen LogP contribution >= 0.6 is 0 Å². The van der Waals surface area contributed by atoms with E-state index in [1.807, 2.05) is 0 Å². The lowest BCUT2D eigenvalue weighted by atomic mass is 9.98. The van der Waals surface area contributed by atoms with Crippen LogP contribution in [0.1, 0.15) is 32.6 Å². The van der Waals surface area contributed by atoms with Crippen molar-refractivity contribution in [2.75, 3.05) is 40.3 Å². The first kappa shape index (κ1) is 13.3. The zero-order valence-electron chi connectivity index (χ0n) is 11.8. The van der Waals surface area contributed by atoms with Crippen molar-refractivity contribution in [1.82, 2.24) is 15.1 Å². The third-order valence-electron chi connectivity index (χ3n) is 4.41. The van der Waals surface area contributed by atoms with E-state index >= 15 is 0 Å². The molecule has 0 radical (unpaired) electrons. The molecule has 2 atom stereocenters. The van der Waals surface area contributed by atoms with Crippen LogP contribution in [0.4, 0.5) is 0 Å². The van der Waals surface area contributed by atoms with Gasteiger partial charge in [0.05, 0.1) is 0 Å². The molecule has 2 aliphatic rings. The van der Waals surface area contributed by atoms with E-state index in [0.29, 0.717) is 12.1 Å². The standard InChI is InChI=1S/C14H29N3/c1-4-15-13(8-7-12-5-6-12)14-11-16(2)9-10-17(14)3/h12-15H,4-11H2,1-3H3. The molecule has 0 aromatic carbocycles. The average molecular weight is 239 g/mol. The molecule has 1 heterocycles. The molecule has 2 fully saturated rings. The first-order valence-corrected chi connectivity index (χ1v) is 7.33. The first-order valence-electron chi connectivity index (χ1n) is 7.33. The largest absolute Gasteiger partial charge is 0.313 e. The van der Waals surface area contributed by atoms with E-state index in [0.717, 1.165) is 12.5 Å². The molecule has 1 N–H and O–H groups in total. The lowest BCUT2D eigenvalue weighted by molar-refractivity contribution is 0.0847. The van der Waals surface area contributed by atoms with Gasteiger partial charge in [-0.05, 0) is 39.4 Å².